The van der Waals surface area contributed by atoms with Crippen LogP contribution in [0.2, 0.25) is 0 Å². The molecule has 58 heavy (non-hydrogen) atoms. The maximum Gasteiger partial charge on any atom is 0.472 e. The molecular formula is C46H78NO10P. The molecule has 0 aliphatic carbocycles. The van der Waals surface area contributed by atoms with Gasteiger partial charge in [0.25, 0.3) is 0 Å². The molecule has 0 aliphatic heterocycles. The highest BCUT2D eigenvalue weighted by Crippen LogP contribution is 2.43. The van der Waals surface area contributed by atoms with Crippen LogP contribution in [0.5, 0.6) is 0 Å². The van der Waals surface area contributed by atoms with Crippen LogP contribution in [0.4, 0.5) is 0 Å². The molecule has 0 aliphatic rings. The summed E-state index contributed by atoms with van der Waals surface area (Å²) < 4.78 is 32.6. The van der Waals surface area contributed by atoms with Gasteiger partial charge in [0.2, 0.25) is 0 Å². The first-order chi connectivity index (χ1) is 28.1. The summed E-state index contributed by atoms with van der Waals surface area (Å²) in [5, 5.41) is 8.89. The van der Waals surface area contributed by atoms with E-state index >= 15 is 0 Å². The fourth-order valence-electron chi connectivity index (χ4n) is 5.45. The first kappa shape index (κ1) is 54.9. The topological polar surface area (TPSA) is 172 Å². The van der Waals surface area contributed by atoms with E-state index in [2.05, 4.69) is 79.1 Å². The van der Waals surface area contributed by atoms with Crippen molar-refractivity contribution in [3.63, 3.8) is 0 Å². The van der Waals surface area contributed by atoms with Gasteiger partial charge in [-0.15, -0.1) is 0 Å². The number of aliphatic carboxylic acids is 1. The predicted molar refractivity (Wildman–Crippen MR) is 235 cm³/mol. The van der Waals surface area contributed by atoms with Gasteiger partial charge in [0.05, 0.1) is 13.2 Å². The Labute approximate surface area is 350 Å². The van der Waals surface area contributed by atoms with Crippen LogP contribution in [-0.2, 0) is 37.5 Å². The standard InChI is InChI=1S/C46H78NO10P/c1-3-5-7-9-11-13-15-17-19-20-21-22-24-26-28-30-32-34-36-38-45(49)57-42(40-55-58(52,53)56-41-43(47)46(50)51)39-54-44(48)37-35-33-31-29-27-25-23-18-16-14-12-10-8-6-4-2/h11,13,17-19,21-23,26,28,32,34,42-43H,3-10,12,14-16,20,24-25,27,29-31,33,35-41,47H2,1-2H3,(H,50,51)(H,52,53)/b13-11-,19-17-,22-21-,23-18-,28-26-,34-32-/t42-,43+/m1/s1. The van der Waals surface area contributed by atoms with Crippen LogP contribution in [0.1, 0.15) is 168 Å². The highest BCUT2D eigenvalue weighted by Gasteiger charge is 2.28. The number of phosphoric ester groups is 1. The lowest BCUT2D eigenvalue weighted by Crippen LogP contribution is -2.34. The summed E-state index contributed by atoms with van der Waals surface area (Å²) in [7, 11) is -4.74. The Morgan fingerprint density at radius 3 is 1.48 bits per heavy atom. The summed E-state index contributed by atoms with van der Waals surface area (Å²) in [6.07, 6.45) is 48.4. The number of hydrogen-bond acceptors (Lipinski definition) is 9. The molecule has 0 aromatic heterocycles. The van der Waals surface area contributed by atoms with Crippen molar-refractivity contribution >= 4 is 25.7 Å². The first-order valence-corrected chi connectivity index (χ1v) is 23.5. The molecule has 0 fully saturated rings. The highest BCUT2D eigenvalue weighted by atomic mass is 31.2. The number of carbonyl (C=O) groups is 3. The minimum absolute atomic E-state index is 0.0330. The average molecular weight is 836 g/mol. The molecule has 11 nitrogen and oxygen atoms in total. The van der Waals surface area contributed by atoms with E-state index in [9.17, 15) is 23.8 Å². The Kier molecular flexibility index (Phi) is 38.5. The molecular weight excluding hydrogens is 757 g/mol. The first-order valence-electron chi connectivity index (χ1n) is 22.0. The molecule has 0 saturated heterocycles. The van der Waals surface area contributed by atoms with Crippen molar-refractivity contribution in [2.24, 2.45) is 5.73 Å². The van der Waals surface area contributed by atoms with E-state index in [-0.39, 0.29) is 19.4 Å². The lowest BCUT2D eigenvalue weighted by Gasteiger charge is -2.20. The maximum absolute atomic E-state index is 12.6. The molecule has 1 unspecified atom stereocenters. The number of esters is 2. The van der Waals surface area contributed by atoms with E-state index in [1.54, 1.807) is 0 Å². The quantitative estimate of drug-likeness (QED) is 0.0232. The van der Waals surface area contributed by atoms with E-state index in [4.69, 9.17) is 24.8 Å². The molecule has 0 rings (SSSR count). The number of carboxylic acids is 1. The van der Waals surface area contributed by atoms with Crippen molar-refractivity contribution in [3.05, 3.63) is 72.9 Å². The second-order valence-corrected chi connectivity index (χ2v) is 15.9. The minimum Gasteiger partial charge on any atom is -0.480 e. The number of rotatable bonds is 40. The number of unbranched alkanes of at least 4 members (excludes halogenated alkanes) is 14. The Morgan fingerprint density at radius 2 is 0.948 bits per heavy atom. The van der Waals surface area contributed by atoms with Gasteiger partial charge in [-0.1, -0.05) is 151 Å². The summed E-state index contributed by atoms with van der Waals surface area (Å²) in [5.74, 6) is -2.50. The Balaban J connectivity index is 4.52. The van der Waals surface area contributed by atoms with E-state index in [0.717, 1.165) is 64.2 Å². The molecule has 0 aromatic carbocycles. The molecule has 0 amide bonds. The summed E-state index contributed by atoms with van der Waals surface area (Å²) in [6, 6.07) is -1.54. The molecule has 0 saturated carbocycles. The second-order valence-electron chi connectivity index (χ2n) is 14.5. The zero-order valence-corrected chi connectivity index (χ0v) is 36.8. The Bertz CT molecular complexity index is 1260. The smallest absolute Gasteiger partial charge is 0.472 e. The molecule has 0 spiro atoms. The van der Waals surface area contributed by atoms with Gasteiger partial charge in [-0.25, -0.2) is 4.57 Å². The number of phosphoric acid groups is 1. The minimum atomic E-state index is -4.74. The molecule has 0 radical (unpaired) electrons. The van der Waals surface area contributed by atoms with Gasteiger partial charge in [0.1, 0.15) is 12.6 Å². The second kappa shape index (κ2) is 40.7. The number of carboxylic acid groups (broad SMARTS) is 1. The molecule has 0 bridgehead atoms. The van der Waals surface area contributed by atoms with Crippen molar-refractivity contribution in [1.82, 2.24) is 0 Å². The maximum atomic E-state index is 12.6. The van der Waals surface area contributed by atoms with Crippen molar-refractivity contribution < 1.29 is 47.5 Å². The fourth-order valence-corrected chi connectivity index (χ4v) is 6.23. The fraction of sp³-hybridized carbons (Fsp3) is 0.674. The largest absolute Gasteiger partial charge is 0.480 e. The number of allylic oxidation sites excluding steroid dienone is 12. The van der Waals surface area contributed by atoms with E-state index in [0.29, 0.717) is 19.3 Å². The number of carbonyl (C=O) groups excluding carboxylic acids is 2. The van der Waals surface area contributed by atoms with Gasteiger partial charge in [0, 0.05) is 12.8 Å². The van der Waals surface area contributed by atoms with Crippen LogP contribution >= 0.6 is 7.82 Å². The van der Waals surface area contributed by atoms with Crippen molar-refractivity contribution in [2.75, 3.05) is 19.8 Å². The Morgan fingerprint density at radius 1 is 0.534 bits per heavy atom. The summed E-state index contributed by atoms with van der Waals surface area (Å²) in [4.78, 5) is 45.9. The zero-order valence-electron chi connectivity index (χ0n) is 35.9. The third kappa shape index (κ3) is 39.7. The average Bonchev–Trinajstić information content (AvgIpc) is 3.20. The van der Waals surface area contributed by atoms with E-state index < -0.39 is 51.1 Å². The van der Waals surface area contributed by atoms with E-state index in [1.165, 1.54) is 57.8 Å². The van der Waals surface area contributed by atoms with Gasteiger partial charge in [-0.3, -0.25) is 23.4 Å². The predicted octanol–water partition coefficient (Wildman–Crippen LogP) is 11.7. The number of ether oxygens (including phenoxy) is 2. The van der Waals surface area contributed by atoms with Crippen molar-refractivity contribution in [3.8, 4) is 0 Å². The molecule has 0 heterocycles. The van der Waals surface area contributed by atoms with Crippen molar-refractivity contribution in [2.45, 2.75) is 180 Å². The third-order valence-corrected chi connectivity index (χ3v) is 9.89. The molecule has 4 N–H and O–H groups in total. The van der Waals surface area contributed by atoms with Gasteiger partial charge in [-0.2, -0.15) is 0 Å². The van der Waals surface area contributed by atoms with Gasteiger partial charge >= 0.3 is 25.7 Å². The normalized spacial score (nSPS) is 14.4. The molecule has 12 heteroatoms. The number of nitrogens with two attached hydrogens (primary N) is 1. The molecule has 332 valence electrons. The van der Waals surface area contributed by atoms with Crippen LogP contribution in [-0.4, -0.2) is 59.9 Å². The van der Waals surface area contributed by atoms with Crippen LogP contribution in [0.25, 0.3) is 0 Å². The summed E-state index contributed by atoms with van der Waals surface area (Å²) in [6.45, 7) is 2.68. The van der Waals surface area contributed by atoms with Gasteiger partial charge in [0.15, 0.2) is 6.10 Å². The monoisotopic (exact) mass is 836 g/mol. The van der Waals surface area contributed by atoms with E-state index in [1.807, 2.05) is 12.2 Å². The number of hydrogen-bond donors (Lipinski definition) is 3. The zero-order chi connectivity index (χ0) is 42.8. The van der Waals surface area contributed by atoms with Crippen molar-refractivity contribution in [1.29, 1.82) is 0 Å². The summed E-state index contributed by atoms with van der Waals surface area (Å²) in [5.41, 5.74) is 5.33. The van der Waals surface area contributed by atoms with Crippen LogP contribution in [0.15, 0.2) is 72.9 Å². The van der Waals surface area contributed by atoms with Crippen LogP contribution in [0, 0.1) is 0 Å². The highest BCUT2D eigenvalue weighted by molar-refractivity contribution is 7.47. The molecule has 0 aromatic rings. The Hall–Kier alpha value is -3.08. The lowest BCUT2D eigenvalue weighted by atomic mass is 10.1. The van der Waals surface area contributed by atoms with Gasteiger partial charge in [-0.05, 0) is 77.0 Å². The van der Waals surface area contributed by atoms with Gasteiger partial charge < -0.3 is 25.2 Å². The summed E-state index contributed by atoms with van der Waals surface area (Å²) >= 11 is 0. The SMILES string of the molecule is CCCCC/C=C\C/C=C\C/C=C\C/C=C\C/C=C\CCC(=O)O[C@H](COC(=O)CCCCCCC/C=C\CCCCCCCC)COP(=O)(O)OC[C@H](N)C(=O)O. The van der Waals surface area contributed by atoms with Crippen LogP contribution in [0.3, 0.4) is 0 Å². The third-order valence-electron chi connectivity index (χ3n) is 8.94. The lowest BCUT2D eigenvalue weighted by molar-refractivity contribution is -0.161. The van der Waals surface area contributed by atoms with Crippen LogP contribution < -0.4 is 5.73 Å². The molecule has 3 atom stereocenters.